The van der Waals surface area contributed by atoms with Gasteiger partial charge in [0.1, 0.15) is 9.84 Å². The van der Waals surface area contributed by atoms with Crippen LogP contribution in [0.4, 0.5) is 0 Å². The first kappa shape index (κ1) is 12.9. The fourth-order valence-electron chi connectivity index (χ4n) is 2.33. The van der Waals surface area contributed by atoms with E-state index in [4.69, 9.17) is 5.84 Å². The maximum absolute atomic E-state index is 11.1. The first-order chi connectivity index (χ1) is 7.03. The number of hydrogen-bond acceptors (Lipinski definition) is 4. The molecule has 4 nitrogen and oxygen atoms in total. The minimum atomic E-state index is -2.86. The van der Waals surface area contributed by atoms with Gasteiger partial charge in [0.05, 0.1) is 5.75 Å². The minimum absolute atomic E-state index is 0.167. The lowest BCUT2D eigenvalue weighted by atomic mass is 9.83. The molecular formula is C10H22N2O2S. The fraction of sp³-hybridized carbons (Fsp3) is 1.00. The van der Waals surface area contributed by atoms with Gasteiger partial charge in [0.25, 0.3) is 0 Å². The average molecular weight is 234 g/mol. The molecule has 0 saturated heterocycles. The molecule has 15 heavy (non-hydrogen) atoms. The number of hydrazine groups is 1. The molecule has 90 valence electrons. The Kier molecular flexibility index (Phi) is 5.02. The molecule has 0 bridgehead atoms. The Morgan fingerprint density at radius 1 is 1.33 bits per heavy atom. The second-order valence-corrected chi connectivity index (χ2v) is 6.85. The zero-order valence-electron chi connectivity index (χ0n) is 9.41. The third-order valence-electron chi connectivity index (χ3n) is 3.23. The Morgan fingerprint density at radius 2 is 1.93 bits per heavy atom. The van der Waals surface area contributed by atoms with Crippen LogP contribution in [0.2, 0.25) is 0 Å². The summed E-state index contributed by atoms with van der Waals surface area (Å²) in [5.74, 6) is 6.28. The lowest BCUT2D eigenvalue weighted by molar-refractivity contribution is 0.265. The molecule has 0 radical (unpaired) electrons. The predicted molar refractivity (Wildman–Crippen MR) is 62.0 cm³/mol. The van der Waals surface area contributed by atoms with Crippen LogP contribution in [0.3, 0.4) is 0 Å². The lowest BCUT2D eigenvalue weighted by Gasteiger charge is -2.29. The largest absolute Gasteiger partial charge is 0.271 e. The van der Waals surface area contributed by atoms with E-state index in [0.717, 1.165) is 0 Å². The van der Waals surface area contributed by atoms with Crippen molar-refractivity contribution in [1.82, 2.24) is 5.43 Å². The molecule has 0 aliphatic heterocycles. The third-order valence-corrected chi connectivity index (χ3v) is 4.21. The van der Waals surface area contributed by atoms with Gasteiger partial charge in [-0.1, -0.05) is 19.3 Å². The highest BCUT2D eigenvalue weighted by Gasteiger charge is 2.23. The number of nitrogens with one attached hydrogen (secondary N) is 1. The van der Waals surface area contributed by atoms with E-state index in [1.54, 1.807) is 0 Å². The Hall–Kier alpha value is -0.130. The van der Waals surface area contributed by atoms with E-state index >= 15 is 0 Å². The van der Waals surface area contributed by atoms with Gasteiger partial charge < -0.3 is 0 Å². The van der Waals surface area contributed by atoms with Crippen LogP contribution in [0.15, 0.2) is 0 Å². The number of hydrogen-bond donors (Lipinski definition) is 2. The van der Waals surface area contributed by atoms with E-state index in [2.05, 4.69) is 5.43 Å². The summed E-state index contributed by atoms with van der Waals surface area (Å²) in [6.45, 7) is 0. The molecule has 0 spiro atoms. The van der Waals surface area contributed by atoms with Crippen molar-refractivity contribution in [2.24, 2.45) is 11.8 Å². The van der Waals surface area contributed by atoms with Crippen LogP contribution >= 0.6 is 0 Å². The van der Waals surface area contributed by atoms with Gasteiger partial charge in [-0.3, -0.25) is 11.3 Å². The van der Waals surface area contributed by atoms with Crippen molar-refractivity contribution in [3.8, 4) is 0 Å². The standard InChI is InChI=1S/C10H22N2O2S/c1-15(13,14)8-7-10(12-11)9-5-3-2-4-6-9/h9-10,12H,2-8,11H2,1H3. The molecule has 1 atom stereocenters. The highest BCUT2D eigenvalue weighted by atomic mass is 32.2. The summed E-state index contributed by atoms with van der Waals surface area (Å²) in [6, 6.07) is 0.167. The van der Waals surface area contributed by atoms with E-state index < -0.39 is 9.84 Å². The van der Waals surface area contributed by atoms with E-state index in [1.165, 1.54) is 38.4 Å². The van der Waals surface area contributed by atoms with Crippen molar-refractivity contribution in [3.63, 3.8) is 0 Å². The van der Waals surface area contributed by atoms with Gasteiger partial charge in [-0.25, -0.2) is 8.42 Å². The summed E-state index contributed by atoms with van der Waals surface area (Å²) in [5.41, 5.74) is 2.78. The van der Waals surface area contributed by atoms with Crippen LogP contribution in [0.25, 0.3) is 0 Å². The monoisotopic (exact) mass is 234 g/mol. The molecule has 1 fully saturated rings. The summed E-state index contributed by atoms with van der Waals surface area (Å²) in [4.78, 5) is 0. The summed E-state index contributed by atoms with van der Waals surface area (Å²) < 4.78 is 22.1. The maximum atomic E-state index is 11.1. The molecular weight excluding hydrogens is 212 g/mol. The average Bonchev–Trinajstić information content (AvgIpc) is 2.19. The van der Waals surface area contributed by atoms with Gasteiger partial charge in [-0.15, -0.1) is 0 Å². The van der Waals surface area contributed by atoms with Crippen LogP contribution in [-0.2, 0) is 9.84 Å². The molecule has 1 unspecified atom stereocenters. The topological polar surface area (TPSA) is 72.2 Å². The van der Waals surface area contributed by atoms with Gasteiger partial charge in [-0.05, 0) is 25.2 Å². The Labute approximate surface area is 92.5 Å². The van der Waals surface area contributed by atoms with Crippen molar-refractivity contribution in [2.45, 2.75) is 44.6 Å². The predicted octanol–water partition coefficient (Wildman–Crippen LogP) is 0.833. The van der Waals surface area contributed by atoms with Gasteiger partial charge in [0.15, 0.2) is 0 Å². The number of nitrogens with two attached hydrogens (primary N) is 1. The molecule has 1 saturated carbocycles. The van der Waals surface area contributed by atoms with Gasteiger partial charge in [0.2, 0.25) is 0 Å². The smallest absolute Gasteiger partial charge is 0.147 e. The molecule has 0 aromatic carbocycles. The second kappa shape index (κ2) is 5.82. The normalized spacial score (nSPS) is 21.5. The van der Waals surface area contributed by atoms with Crippen LogP contribution in [0, 0.1) is 5.92 Å². The molecule has 1 aliphatic carbocycles. The van der Waals surface area contributed by atoms with Crippen LogP contribution < -0.4 is 11.3 Å². The molecule has 1 aliphatic rings. The summed E-state index contributed by atoms with van der Waals surface area (Å²) in [7, 11) is -2.86. The maximum Gasteiger partial charge on any atom is 0.147 e. The van der Waals surface area contributed by atoms with Crippen molar-refractivity contribution >= 4 is 9.84 Å². The van der Waals surface area contributed by atoms with Crippen LogP contribution in [0.1, 0.15) is 38.5 Å². The minimum Gasteiger partial charge on any atom is -0.271 e. The zero-order chi connectivity index (χ0) is 11.3. The SMILES string of the molecule is CS(=O)(=O)CCC(NN)C1CCCCC1. The zero-order valence-corrected chi connectivity index (χ0v) is 10.2. The molecule has 0 amide bonds. The first-order valence-electron chi connectivity index (χ1n) is 5.67. The molecule has 1 rings (SSSR count). The van der Waals surface area contributed by atoms with Gasteiger partial charge in [-0.2, -0.15) is 0 Å². The molecule has 0 aromatic rings. The van der Waals surface area contributed by atoms with Crippen LogP contribution in [0.5, 0.6) is 0 Å². The molecule has 0 aromatic heterocycles. The van der Waals surface area contributed by atoms with Gasteiger partial charge >= 0.3 is 0 Å². The highest BCUT2D eigenvalue weighted by molar-refractivity contribution is 7.90. The molecule has 0 heterocycles. The van der Waals surface area contributed by atoms with Crippen molar-refractivity contribution < 1.29 is 8.42 Å². The third kappa shape index (κ3) is 4.95. The van der Waals surface area contributed by atoms with E-state index in [0.29, 0.717) is 12.3 Å². The summed E-state index contributed by atoms with van der Waals surface area (Å²) >= 11 is 0. The van der Waals surface area contributed by atoms with E-state index in [-0.39, 0.29) is 11.8 Å². The summed E-state index contributed by atoms with van der Waals surface area (Å²) in [5, 5.41) is 0. The Bertz CT molecular complexity index is 271. The summed E-state index contributed by atoms with van der Waals surface area (Å²) in [6.07, 6.45) is 8.09. The molecule has 3 N–H and O–H groups in total. The van der Waals surface area contributed by atoms with Crippen molar-refractivity contribution in [3.05, 3.63) is 0 Å². The lowest BCUT2D eigenvalue weighted by Crippen LogP contribution is -2.42. The van der Waals surface area contributed by atoms with E-state index in [9.17, 15) is 8.42 Å². The van der Waals surface area contributed by atoms with Crippen molar-refractivity contribution in [2.75, 3.05) is 12.0 Å². The Balaban J connectivity index is 2.40. The van der Waals surface area contributed by atoms with Gasteiger partial charge in [0, 0.05) is 12.3 Å². The van der Waals surface area contributed by atoms with Crippen LogP contribution in [-0.4, -0.2) is 26.5 Å². The highest BCUT2D eigenvalue weighted by Crippen LogP contribution is 2.27. The van der Waals surface area contributed by atoms with E-state index in [1.807, 2.05) is 0 Å². The quantitative estimate of drug-likeness (QED) is 0.546. The molecule has 5 heteroatoms. The first-order valence-corrected chi connectivity index (χ1v) is 7.73. The Morgan fingerprint density at radius 3 is 2.40 bits per heavy atom. The fourth-order valence-corrected chi connectivity index (χ4v) is 3.01. The number of rotatable bonds is 5. The number of sulfone groups is 1. The van der Waals surface area contributed by atoms with Crippen molar-refractivity contribution in [1.29, 1.82) is 0 Å². The second-order valence-electron chi connectivity index (χ2n) is 4.59.